The molecule has 0 bridgehead atoms. The summed E-state index contributed by atoms with van der Waals surface area (Å²) in [6, 6.07) is 0.0949. The van der Waals surface area contributed by atoms with Gasteiger partial charge in [0.25, 0.3) is 0 Å². The highest BCUT2D eigenvalue weighted by Gasteiger charge is 2.19. The molecule has 3 N–H and O–H groups in total. The van der Waals surface area contributed by atoms with Crippen LogP contribution in [0.2, 0.25) is 0 Å². The average Bonchev–Trinajstić information content (AvgIpc) is 2.32. The quantitative estimate of drug-likeness (QED) is 0.634. The van der Waals surface area contributed by atoms with Gasteiger partial charge in [-0.25, -0.2) is 27.5 Å². The molecule has 1 aromatic heterocycles. The molecule has 94 valence electrons. The third-order valence-electron chi connectivity index (χ3n) is 1.94. The van der Waals surface area contributed by atoms with Crippen molar-refractivity contribution in [1.82, 2.24) is 15.0 Å². The first-order valence-corrected chi connectivity index (χ1v) is 4.53. The summed E-state index contributed by atoms with van der Waals surface area (Å²) in [7, 11) is 0. The summed E-state index contributed by atoms with van der Waals surface area (Å²) in [6.45, 7) is 0. The van der Waals surface area contributed by atoms with E-state index in [0.717, 1.165) is 6.33 Å². The number of benzene rings is 1. The molecule has 0 amide bonds. The van der Waals surface area contributed by atoms with E-state index in [4.69, 9.17) is 5.73 Å². The molecule has 0 saturated heterocycles. The van der Waals surface area contributed by atoms with Crippen LogP contribution in [0.5, 0.6) is 0 Å². The Morgan fingerprint density at radius 1 is 1.00 bits per heavy atom. The number of halogens is 4. The van der Waals surface area contributed by atoms with Crippen LogP contribution in [0.15, 0.2) is 12.4 Å². The SMILES string of the molecule is Nc1ncnc(Nc2c(F)c(F)cc(F)c2F)n1. The lowest BCUT2D eigenvalue weighted by Crippen LogP contribution is -2.07. The Morgan fingerprint density at radius 2 is 1.61 bits per heavy atom. The van der Waals surface area contributed by atoms with Crippen LogP contribution in [0.25, 0.3) is 0 Å². The Morgan fingerprint density at radius 3 is 2.17 bits per heavy atom. The number of nitrogens with one attached hydrogen (secondary N) is 1. The van der Waals surface area contributed by atoms with Crippen molar-refractivity contribution in [3.05, 3.63) is 35.7 Å². The highest BCUT2D eigenvalue weighted by Crippen LogP contribution is 2.25. The summed E-state index contributed by atoms with van der Waals surface area (Å²) >= 11 is 0. The van der Waals surface area contributed by atoms with Gasteiger partial charge >= 0.3 is 0 Å². The van der Waals surface area contributed by atoms with Crippen molar-refractivity contribution < 1.29 is 17.6 Å². The molecule has 0 atom stereocenters. The molecular formula is C9H5F4N5. The number of anilines is 3. The van der Waals surface area contributed by atoms with Crippen molar-refractivity contribution in [2.45, 2.75) is 0 Å². The molecule has 0 aliphatic heterocycles. The van der Waals surface area contributed by atoms with Crippen LogP contribution in [0.3, 0.4) is 0 Å². The van der Waals surface area contributed by atoms with Crippen LogP contribution >= 0.6 is 0 Å². The maximum Gasteiger partial charge on any atom is 0.232 e. The summed E-state index contributed by atoms with van der Waals surface area (Å²) in [5.41, 5.74) is 4.17. The minimum atomic E-state index is -1.59. The second kappa shape index (κ2) is 4.43. The Hall–Kier alpha value is -2.45. The molecule has 1 heterocycles. The third kappa shape index (κ3) is 2.14. The van der Waals surface area contributed by atoms with Gasteiger partial charge in [0.2, 0.25) is 11.9 Å². The monoisotopic (exact) mass is 259 g/mol. The lowest BCUT2D eigenvalue weighted by atomic mass is 10.2. The number of nitrogens with zero attached hydrogens (tertiary/aromatic N) is 3. The molecular weight excluding hydrogens is 254 g/mol. The summed E-state index contributed by atoms with van der Waals surface area (Å²) in [4.78, 5) is 10.4. The van der Waals surface area contributed by atoms with Crippen LogP contribution in [0, 0.1) is 23.3 Å². The molecule has 18 heavy (non-hydrogen) atoms. The first-order chi connectivity index (χ1) is 8.49. The van der Waals surface area contributed by atoms with E-state index in [1.165, 1.54) is 0 Å². The minimum Gasteiger partial charge on any atom is -0.368 e. The van der Waals surface area contributed by atoms with E-state index in [-0.39, 0.29) is 18.0 Å². The average molecular weight is 259 g/mol. The van der Waals surface area contributed by atoms with E-state index in [9.17, 15) is 17.6 Å². The van der Waals surface area contributed by atoms with Crippen LogP contribution in [-0.4, -0.2) is 15.0 Å². The molecule has 5 nitrogen and oxygen atoms in total. The standard InChI is InChI=1S/C9H5F4N5/c10-3-1-4(11)6(13)7(5(3)12)17-9-16-2-15-8(14)18-9/h1-2H,(H3,14,15,16,17,18). The summed E-state index contributed by atoms with van der Waals surface area (Å²) in [6.07, 6.45) is 0.968. The van der Waals surface area contributed by atoms with Crippen LogP contribution in [0.1, 0.15) is 0 Å². The van der Waals surface area contributed by atoms with E-state index in [2.05, 4.69) is 15.0 Å². The molecule has 0 saturated carbocycles. The topological polar surface area (TPSA) is 76.7 Å². The lowest BCUT2D eigenvalue weighted by Gasteiger charge is -2.08. The first-order valence-electron chi connectivity index (χ1n) is 4.53. The van der Waals surface area contributed by atoms with E-state index >= 15 is 0 Å². The van der Waals surface area contributed by atoms with Gasteiger partial charge < -0.3 is 11.1 Å². The highest BCUT2D eigenvalue weighted by molar-refractivity contribution is 5.55. The Balaban J connectivity index is 2.46. The number of aromatic nitrogens is 3. The molecule has 0 spiro atoms. The normalized spacial score (nSPS) is 10.4. The molecule has 2 rings (SSSR count). The van der Waals surface area contributed by atoms with Crippen LogP contribution in [0.4, 0.5) is 35.1 Å². The van der Waals surface area contributed by atoms with E-state index < -0.39 is 29.0 Å². The zero-order valence-electron chi connectivity index (χ0n) is 8.59. The lowest BCUT2D eigenvalue weighted by molar-refractivity contribution is 0.459. The fourth-order valence-corrected chi connectivity index (χ4v) is 1.16. The zero-order valence-corrected chi connectivity index (χ0v) is 8.59. The molecule has 0 aliphatic carbocycles. The van der Waals surface area contributed by atoms with Crippen molar-refractivity contribution in [2.75, 3.05) is 11.1 Å². The summed E-state index contributed by atoms with van der Waals surface area (Å²) in [5, 5.41) is 1.99. The maximum absolute atomic E-state index is 13.3. The van der Waals surface area contributed by atoms with Crippen LogP contribution in [-0.2, 0) is 0 Å². The van der Waals surface area contributed by atoms with E-state index in [1.54, 1.807) is 0 Å². The van der Waals surface area contributed by atoms with Crippen molar-refractivity contribution in [3.63, 3.8) is 0 Å². The van der Waals surface area contributed by atoms with Gasteiger partial charge in [-0.2, -0.15) is 4.98 Å². The van der Waals surface area contributed by atoms with Gasteiger partial charge in [0.1, 0.15) is 12.0 Å². The van der Waals surface area contributed by atoms with Crippen molar-refractivity contribution >= 4 is 17.6 Å². The number of rotatable bonds is 2. The highest BCUT2D eigenvalue weighted by atomic mass is 19.2. The van der Waals surface area contributed by atoms with E-state index in [1.807, 2.05) is 5.32 Å². The molecule has 2 aromatic rings. The van der Waals surface area contributed by atoms with Gasteiger partial charge in [-0.05, 0) is 0 Å². The molecule has 9 heteroatoms. The van der Waals surface area contributed by atoms with Gasteiger partial charge in [0.05, 0.1) is 0 Å². The largest absolute Gasteiger partial charge is 0.368 e. The fourth-order valence-electron chi connectivity index (χ4n) is 1.16. The Bertz CT molecular complexity index is 578. The van der Waals surface area contributed by atoms with Gasteiger partial charge in [-0.3, -0.25) is 0 Å². The molecule has 0 radical (unpaired) electrons. The predicted molar refractivity (Wildman–Crippen MR) is 53.8 cm³/mol. The summed E-state index contributed by atoms with van der Waals surface area (Å²) < 4.78 is 52.4. The van der Waals surface area contributed by atoms with Gasteiger partial charge in [0.15, 0.2) is 23.3 Å². The summed E-state index contributed by atoms with van der Waals surface area (Å²) in [5.74, 6) is -6.83. The molecule has 0 unspecified atom stereocenters. The van der Waals surface area contributed by atoms with Crippen LogP contribution < -0.4 is 11.1 Å². The van der Waals surface area contributed by atoms with E-state index in [0.29, 0.717) is 0 Å². The third-order valence-corrected chi connectivity index (χ3v) is 1.94. The van der Waals surface area contributed by atoms with Gasteiger partial charge in [-0.1, -0.05) is 0 Å². The number of hydrogen-bond acceptors (Lipinski definition) is 5. The zero-order chi connectivity index (χ0) is 13.3. The van der Waals surface area contributed by atoms with Crippen molar-refractivity contribution in [2.24, 2.45) is 0 Å². The second-order valence-corrected chi connectivity index (χ2v) is 3.14. The molecule has 1 aromatic carbocycles. The number of hydrogen-bond donors (Lipinski definition) is 2. The predicted octanol–water partition coefficient (Wildman–Crippen LogP) is 1.75. The van der Waals surface area contributed by atoms with Gasteiger partial charge in [0, 0.05) is 6.07 Å². The first kappa shape index (κ1) is 12.0. The molecule has 0 aliphatic rings. The van der Waals surface area contributed by atoms with Crippen molar-refractivity contribution in [3.8, 4) is 0 Å². The second-order valence-electron chi connectivity index (χ2n) is 3.14. The Labute approximate surface area is 97.7 Å². The minimum absolute atomic E-state index is 0.0949. The maximum atomic E-state index is 13.3. The molecule has 0 fully saturated rings. The number of nitrogens with two attached hydrogens (primary N) is 1. The van der Waals surface area contributed by atoms with Crippen molar-refractivity contribution in [1.29, 1.82) is 0 Å². The van der Waals surface area contributed by atoms with Gasteiger partial charge in [-0.15, -0.1) is 0 Å². The fraction of sp³-hybridized carbons (Fsp3) is 0. The smallest absolute Gasteiger partial charge is 0.232 e. The Kier molecular flexibility index (Phi) is 2.96. The number of nitrogen functional groups attached to an aromatic ring is 1.